The Balaban J connectivity index is 1.83. The van der Waals surface area contributed by atoms with E-state index in [1.54, 1.807) is 6.07 Å². The Morgan fingerprint density at radius 3 is 2.55 bits per heavy atom. The molecule has 0 aliphatic carbocycles. The number of nitrogens with zero attached hydrogens (tertiary/aromatic N) is 1. The number of pyridine rings is 1. The Labute approximate surface area is 125 Å². The monoisotopic (exact) mass is 303 g/mol. The minimum Gasteiger partial charge on any atom is -0.406 e. The van der Waals surface area contributed by atoms with Gasteiger partial charge in [0.1, 0.15) is 5.75 Å². The van der Waals surface area contributed by atoms with Crippen LogP contribution < -0.4 is 4.74 Å². The summed E-state index contributed by atoms with van der Waals surface area (Å²) >= 11 is 0. The molecule has 0 saturated heterocycles. The third-order valence-electron chi connectivity index (χ3n) is 3.17. The van der Waals surface area contributed by atoms with Gasteiger partial charge in [0.25, 0.3) is 0 Å². The van der Waals surface area contributed by atoms with Crippen LogP contribution in [0.25, 0.3) is 10.9 Å². The van der Waals surface area contributed by atoms with Crippen LogP contribution in [0.4, 0.5) is 13.2 Å². The van der Waals surface area contributed by atoms with Crippen molar-refractivity contribution in [3.8, 4) is 5.75 Å². The van der Waals surface area contributed by atoms with E-state index in [1.807, 2.05) is 36.4 Å². The minimum atomic E-state index is -4.68. The van der Waals surface area contributed by atoms with Gasteiger partial charge in [-0.3, -0.25) is 4.98 Å². The smallest absolute Gasteiger partial charge is 0.406 e. The quantitative estimate of drug-likeness (QED) is 0.698. The molecule has 0 N–H and O–H groups in total. The van der Waals surface area contributed by atoms with Gasteiger partial charge in [0, 0.05) is 17.5 Å². The Bertz CT molecular complexity index is 799. The number of hydrogen-bond donors (Lipinski definition) is 0. The molecule has 0 aliphatic heterocycles. The van der Waals surface area contributed by atoms with Crippen LogP contribution in [-0.4, -0.2) is 11.3 Å². The van der Waals surface area contributed by atoms with Crippen molar-refractivity contribution in [2.24, 2.45) is 0 Å². The Hall–Kier alpha value is -2.56. The summed E-state index contributed by atoms with van der Waals surface area (Å²) in [5, 5.41) is 1.03. The SMILES string of the molecule is FC(F)(F)Oc1cccc(Cc2ccc3ccccc3n2)c1. The van der Waals surface area contributed by atoms with E-state index in [-0.39, 0.29) is 5.75 Å². The fraction of sp³-hybridized carbons (Fsp3) is 0.118. The number of rotatable bonds is 3. The molecule has 3 rings (SSSR count). The summed E-state index contributed by atoms with van der Waals surface area (Å²) in [5.41, 5.74) is 2.37. The first-order chi connectivity index (χ1) is 10.5. The fourth-order valence-corrected chi connectivity index (χ4v) is 2.27. The largest absolute Gasteiger partial charge is 0.573 e. The molecule has 112 valence electrons. The summed E-state index contributed by atoms with van der Waals surface area (Å²) in [6, 6.07) is 17.5. The molecule has 0 fully saturated rings. The Morgan fingerprint density at radius 1 is 0.909 bits per heavy atom. The normalized spacial score (nSPS) is 11.6. The molecule has 1 aromatic heterocycles. The average Bonchev–Trinajstić information content (AvgIpc) is 2.46. The highest BCUT2D eigenvalue weighted by Crippen LogP contribution is 2.24. The van der Waals surface area contributed by atoms with Crippen LogP contribution in [0.1, 0.15) is 11.3 Å². The van der Waals surface area contributed by atoms with E-state index >= 15 is 0 Å². The van der Waals surface area contributed by atoms with Crippen molar-refractivity contribution >= 4 is 10.9 Å². The molecular formula is C17H12F3NO. The van der Waals surface area contributed by atoms with Crippen molar-refractivity contribution in [3.05, 3.63) is 71.9 Å². The van der Waals surface area contributed by atoms with Crippen LogP contribution in [0.15, 0.2) is 60.7 Å². The summed E-state index contributed by atoms with van der Waals surface area (Å²) in [6.45, 7) is 0. The van der Waals surface area contributed by atoms with E-state index < -0.39 is 6.36 Å². The summed E-state index contributed by atoms with van der Waals surface area (Å²) in [5.74, 6) is -0.217. The lowest BCUT2D eigenvalue weighted by atomic mass is 10.1. The number of hydrogen-bond acceptors (Lipinski definition) is 2. The van der Waals surface area contributed by atoms with Gasteiger partial charge in [-0.2, -0.15) is 0 Å². The molecule has 0 aliphatic rings. The van der Waals surface area contributed by atoms with Crippen molar-refractivity contribution in [1.82, 2.24) is 4.98 Å². The van der Waals surface area contributed by atoms with Gasteiger partial charge in [0.05, 0.1) is 5.52 Å². The van der Waals surface area contributed by atoms with Crippen LogP contribution in [-0.2, 0) is 6.42 Å². The van der Waals surface area contributed by atoms with Gasteiger partial charge in [0.15, 0.2) is 0 Å². The number of fused-ring (bicyclic) bond motifs is 1. The standard InChI is InChI=1S/C17H12F3NO/c18-17(19,20)22-15-6-3-4-12(11-15)10-14-9-8-13-5-1-2-7-16(13)21-14/h1-9,11H,10H2. The highest BCUT2D eigenvalue weighted by atomic mass is 19.4. The molecule has 2 aromatic carbocycles. The van der Waals surface area contributed by atoms with Gasteiger partial charge < -0.3 is 4.74 Å². The lowest BCUT2D eigenvalue weighted by Crippen LogP contribution is -2.17. The molecule has 5 heteroatoms. The number of aromatic nitrogens is 1. The van der Waals surface area contributed by atoms with E-state index in [0.29, 0.717) is 12.0 Å². The van der Waals surface area contributed by atoms with E-state index in [9.17, 15) is 13.2 Å². The second kappa shape index (κ2) is 5.67. The lowest BCUT2D eigenvalue weighted by Gasteiger charge is -2.10. The van der Waals surface area contributed by atoms with E-state index in [1.165, 1.54) is 18.2 Å². The number of halogens is 3. The molecule has 1 heterocycles. The molecule has 0 amide bonds. The Kier molecular flexibility index (Phi) is 3.71. The van der Waals surface area contributed by atoms with Gasteiger partial charge in [-0.05, 0) is 29.8 Å². The maximum Gasteiger partial charge on any atom is 0.573 e. The van der Waals surface area contributed by atoms with E-state index in [4.69, 9.17) is 0 Å². The van der Waals surface area contributed by atoms with Crippen LogP contribution in [0.3, 0.4) is 0 Å². The first-order valence-electron chi connectivity index (χ1n) is 6.69. The van der Waals surface area contributed by atoms with Crippen LogP contribution in [0.2, 0.25) is 0 Å². The number of ether oxygens (including phenoxy) is 1. The molecule has 0 radical (unpaired) electrons. The van der Waals surface area contributed by atoms with Gasteiger partial charge in [-0.1, -0.05) is 36.4 Å². The van der Waals surface area contributed by atoms with E-state index in [2.05, 4.69) is 9.72 Å². The van der Waals surface area contributed by atoms with Crippen molar-refractivity contribution in [2.75, 3.05) is 0 Å². The summed E-state index contributed by atoms with van der Waals surface area (Å²) in [4.78, 5) is 4.51. The molecule has 0 bridgehead atoms. The number of alkyl halides is 3. The zero-order valence-corrected chi connectivity index (χ0v) is 11.5. The maximum absolute atomic E-state index is 12.2. The molecule has 2 nitrogen and oxygen atoms in total. The van der Waals surface area contributed by atoms with Crippen LogP contribution in [0, 0.1) is 0 Å². The summed E-state index contributed by atoms with van der Waals surface area (Å²) in [7, 11) is 0. The molecule has 22 heavy (non-hydrogen) atoms. The molecule has 0 saturated carbocycles. The van der Waals surface area contributed by atoms with Gasteiger partial charge in [0.2, 0.25) is 0 Å². The highest BCUT2D eigenvalue weighted by molar-refractivity contribution is 5.78. The zero-order chi connectivity index (χ0) is 15.6. The summed E-state index contributed by atoms with van der Waals surface area (Å²) < 4.78 is 40.6. The molecule has 3 aromatic rings. The third kappa shape index (κ3) is 3.55. The minimum absolute atomic E-state index is 0.217. The van der Waals surface area contributed by atoms with Crippen molar-refractivity contribution < 1.29 is 17.9 Å². The maximum atomic E-state index is 12.2. The van der Waals surface area contributed by atoms with Crippen molar-refractivity contribution in [3.63, 3.8) is 0 Å². The topological polar surface area (TPSA) is 22.1 Å². The number of para-hydroxylation sites is 1. The van der Waals surface area contributed by atoms with Crippen LogP contribution in [0.5, 0.6) is 5.75 Å². The fourth-order valence-electron chi connectivity index (χ4n) is 2.27. The predicted molar refractivity (Wildman–Crippen MR) is 77.7 cm³/mol. The highest BCUT2D eigenvalue weighted by Gasteiger charge is 2.31. The van der Waals surface area contributed by atoms with Crippen molar-refractivity contribution in [1.29, 1.82) is 0 Å². The first-order valence-corrected chi connectivity index (χ1v) is 6.69. The second-order valence-electron chi connectivity index (χ2n) is 4.87. The van der Waals surface area contributed by atoms with Crippen molar-refractivity contribution in [2.45, 2.75) is 12.8 Å². The van der Waals surface area contributed by atoms with Gasteiger partial charge >= 0.3 is 6.36 Å². The van der Waals surface area contributed by atoms with Gasteiger partial charge in [-0.25, -0.2) is 0 Å². The van der Waals surface area contributed by atoms with Gasteiger partial charge in [-0.15, -0.1) is 13.2 Å². The summed E-state index contributed by atoms with van der Waals surface area (Å²) in [6.07, 6.45) is -4.24. The second-order valence-corrected chi connectivity index (χ2v) is 4.87. The third-order valence-corrected chi connectivity index (χ3v) is 3.17. The van der Waals surface area contributed by atoms with E-state index in [0.717, 1.165) is 16.6 Å². The average molecular weight is 303 g/mol. The Morgan fingerprint density at radius 2 is 1.73 bits per heavy atom. The lowest BCUT2D eigenvalue weighted by molar-refractivity contribution is -0.274. The zero-order valence-electron chi connectivity index (χ0n) is 11.5. The van der Waals surface area contributed by atoms with Crippen LogP contribution >= 0.6 is 0 Å². The predicted octanol–water partition coefficient (Wildman–Crippen LogP) is 4.72. The molecule has 0 unspecified atom stereocenters. The first kappa shape index (κ1) is 14.4. The molecular weight excluding hydrogens is 291 g/mol. The number of benzene rings is 2. The molecule has 0 spiro atoms. The molecule has 0 atom stereocenters.